The first-order chi connectivity index (χ1) is 14.2. The van der Waals surface area contributed by atoms with Crippen molar-refractivity contribution in [3.8, 4) is 6.07 Å². The number of alkyl halides is 2. The number of hydrogen-bond donors (Lipinski definition) is 2. The number of imidazole rings is 1. The Hall–Kier alpha value is -3.81. The summed E-state index contributed by atoms with van der Waals surface area (Å²) in [4.78, 5) is 25.3. The smallest absolute Gasteiger partial charge is 0.291 e. The van der Waals surface area contributed by atoms with Crippen molar-refractivity contribution in [2.75, 3.05) is 6.54 Å². The van der Waals surface area contributed by atoms with E-state index in [4.69, 9.17) is 9.68 Å². The van der Waals surface area contributed by atoms with E-state index in [1.54, 1.807) is 0 Å². The predicted molar refractivity (Wildman–Crippen MR) is 95.7 cm³/mol. The van der Waals surface area contributed by atoms with Crippen LogP contribution < -0.4 is 0 Å². The van der Waals surface area contributed by atoms with E-state index in [1.807, 2.05) is 0 Å². The number of H-pyrrole nitrogens is 1. The minimum Gasteiger partial charge on any atom is -0.502 e. The molecule has 0 bridgehead atoms. The van der Waals surface area contributed by atoms with E-state index in [-0.39, 0.29) is 18.0 Å². The lowest BCUT2D eigenvalue weighted by atomic mass is 10.0. The number of aromatic amines is 1. The van der Waals surface area contributed by atoms with Crippen molar-refractivity contribution < 1.29 is 27.5 Å². The number of carbonyl (C=O) groups excluding carboxylic acids is 1. The average molecular weight is 417 g/mol. The Balaban J connectivity index is 1.83. The number of benzene rings is 1. The van der Waals surface area contributed by atoms with Crippen LogP contribution in [0.25, 0.3) is 11.1 Å². The summed E-state index contributed by atoms with van der Waals surface area (Å²) in [5, 5.41) is 19.2. The normalized spacial score (nSPS) is 17.4. The fourth-order valence-electron chi connectivity index (χ4n) is 3.38. The van der Waals surface area contributed by atoms with E-state index in [9.17, 15) is 23.1 Å². The number of amides is 1. The molecular weight excluding hydrogens is 403 g/mol. The van der Waals surface area contributed by atoms with Crippen LogP contribution in [0.4, 0.5) is 13.2 Å². The highest BCUT2D eigenvalue weighted by atomic mass is 19.3. The quantitative estimate of drug-likeness (QED) is 0.384. The van der Waals surface area contributed by atoms with Crippen molar-refractivity contribution in [3.63, 3.8) is 0 Å². The van der Waals surface area contributed by atoms with Gasteiger partial charge in [0, 0.05) is 31.6 Å². The van der Waals surface area contributed by atoms with Crippen molar-refractivity contribution in [3.05, 3.63) is 59.0 Å². The minimum absolute atomic E-state index is 0.00380. The zero-order chi connectivity index (χ0) is 21.6. The van der Waals surface area contributed by atoms with E-state index in [0.717, 1.165) is 11.0 Å². The van der Waals surface area contributed by atoms with Crippen LogP contribution in [0.2, 0.25) is 0 Å². The van der Waals surface area contributed by atoms with Gasteiger partial charge in [0.1, 0.15) is 23.0 Å². The molecule has 1 unspecified atom stereocenters. The van der Waals surface area contributed by atoms with Gasteiger partial charge < -0.3 is 19.4 Å². The third-order valence-corrected chi connectivity index (χ3v) is 4.78. The van der Waals surface area contributed by atoms with Crippen LogP contribution in [0.15, 0.2) is 40.3 Å². The number of aliphatic hydroxyl groups excluding tert-OH is 1. The number of fused-ring (bicyclic) bond motifs is 2. The van der Waals surface area contributed by atoms with Gasteiger partial charge in [-0.3, -0.25) is 4.79 Å². The van der Waals surface area contributed by atoms with Crippen LogP contribution in [0.5, 0.6) is 0 Å². The Kier molecular flexibility index (Phi) is 4.49. The highest BCUT2D eigenvalue weighted by Crippen LogP contribution is 2.36. The Labute approximate surface area is 167 Å². The average Bonchev–Trinajstić information content (AvgIpc) is 3.31. The van der Waals surface area contributed by atoms with Gasteiger partial charge in [-0.1, -0.05) is 0 Å². The molecule has 0 saturated carbocycles. The van der Waals surface area contributed by atoms with Gasteiger partial charge in [0.25, 0.3) is 11.8 Å². The number of nitriles is 1. The summed E-state index contributed by atoms with van der Waals surface area (Å²) >= 11 is 0. The second-order valence-electron chi connectivity index (χ2n) is 6.81. The molecule has 1 aromatic carbocycles. The largest absolute Gasteiger partial charge is 0.502 e. The maximum absolute atomic E-state index is 13.7. The number of nitrogens with zero attached hydrogens (tertiary/aromatic N) is 4. The number of hydrogen-bond acceptors (Lipinski definition) is 6. The Morgan fingerprint density at radius 1 is 1.47 bits per heavy atom. The summed E-state index contributed by atoms with van der Waals surface area (Å²) in [6.07, 6.45) is 1.69. The summed E-state index contributed by atoms with van der Waals surface area (Å²) in [5.74, 6) is -6.86. The lowest BCUT2D eigenvalue weighted by molar-refractivity contribution is -0.132. The van der Waals surface area contributed by atoms with Gasteiger partial charge in [-0.05, 0) is 12.1 Å². The van der Waals surface area contributed by atoms with Crippen LogP contribution in [0.1, 0.15) is 30.2 Å². The van der Waals surface area contributed by atoms with Gasteiger partial charge in [0.2, 0.25) is 11.6 Å². The summed E-state index contributed by atoms with van der Waals surface area (Å²) in [7, 11) is 0. The van der Waals surface area contributed by atoms with Gasteiger partial charge in [-0.2, -0.15) is 5.26 Å². The van der Waals surface area contributed by atoms with Gasteiger partial charge in [-0.15, -0.1) is 0 Å². The van der Waals surface area contributed by atoms with Gasteiger partial charge in [0.05, 0.1) is 12.0 Å². The van der Waals surface area contributed by atoms with E-state index < -0.39 is 35.0 Å². The van der Waals surface area contributed by atoms with Gasteiger partial charge >= 0.3 is 0 Å². The topological polar surface area (TPSA) is 119 Å². The van der Waals surface area contributed by atoms with E-state index >= 15 is 0 Å². The predicted octanol–water partition coefficient (Wildman–Crippen LogP) is 3.15. The molecule has 4 rings (SSSR count). The molecule has 2 N–H and O–H groups in total. The molecule has 1 aliphatic rings. The highest BCUT2D eigenvalue weighted by molar-refractivity contribution is 5.93. The van der Waals surface area contributed by atoms with E-state index in [1.165, 1.54) is 24.5 Å². The number of aromatic nitrogens is 3. The molecule has 1 atom stereocenters. The van der Waals surface area contributed by atoms with Crippen LogP contribution in [0.3, 0.4) is 0 Å². The minimum atomic E-state index is -3.72. The van der Waals surface area contributed by atoms with E-state index in [2.05, 4.69) is 15.0 Å². The summed E-state index contributed by atoms with van der Waals surface area (Å²) < 4.78 is 46.5. The number of halogens is 3. The first-order valence-electron chi connectivity index (χ1n) is 8.81. The van der Waals surface area contributed by atoms with Gasteiger partial charge in [0.15, 0.2) is 11.6 Å². The molecular formula is C19H14F3N5O3. The standard InChI is InChI=1S/C19H14F3N5O3/c1-19(21,22)10(7-23)16(28)18(29)27-5-4-12-14(25-8-24-12)15(27)17-26-11-3-2-9(20)6-13(11)30-17/h2-3,6,8,15,28H,4-5H2,1H3,(H,24,25)/b16-10+. The molecule has 0 saturated heterocycles. The van der Waals surface area contributed by atoms with Crippen molar-refractivity contribution in [1.82, 2.24) is 19.9 Å². The number of carbonyl (C=O) groups is 1. The SMILES string of the molecule is CC(F)(F)/C(C#N)=C(/O)C(=O)N1CCc2[nH]cnc2C1c1nc2ccc(F)cc2o1. The first kappa shape index (κ1) is 19.5. The van der Waals surface area contributed by atoms with Crippen LogP contribution in [0, 0.1) is 17.1 Å². The summed E-state index contributed by atoms with van der Waals surface area (Å²) in [5.41, 5.74) is 0.105. The van der Waals surface area contributed by atoms with E-state index in [0.29, 0.717) is 30.2 Å². The third-order valence-electron chi connectivity index (χ3n) is 4.78. The maximum atomic E-state index is 13.7. The lowest BCUT2D eigenvalue weighted by Gasteiger charge is -2.33. The molecule has 1 amide bonds. The molecule has 8 nitrogen and oxygen atoms in total. The molecule has 154 valence electrons. The Morgan fingerprint density at radius 2 is 2.23 bits per heavy atom. The molecule has 0 fully saturated rings. The zero-order valence-corrected chi connectivity index (χ0v) is 15.5. The number of allylic oxidation sites excluding steroid dienone is 1. The monoisotopic (exact) mass is 417 g/mol. The maximum Gasteiger partial charge on any atom is 0.291 e. The summed E-state index contributed by atoms with van der Waals surface area (Å²) in [6.45, 7) is 0.410. The molecule has 2 aromatic heterocycles. The lowest BCUT2D eigenvalue weighted by Crippen LogP contribution is -2.42. The summed E-state index contributed by atoms with van der Waals surface area (Å²) in [6, 6.07) is 3.81. The Bertz CT molecular complexity index is 1220. The number of oxazole rings is 1. The molecule has 0 spiro atoms. The van der Waals surface area contributed by atoms with Crippen molar-refractivity contribution >= 4 is 17.0 Å². The first-order valence-corrected chi connectivity index (χ1v) is 8.81. The van der Waals surface area contributed by atoms with Crippen molar-refractivity contribution in [2.45, 2.75) is 25.3 Å². The second-order valence-corrected chi connectivity index (χ2v) is 6.81. The van der Waals surface area contributed by atoms with Crippen LogP contribution in [-0.4, -0.2) is 43.3 Å². The molecule has 0 aliphatic carbocycles. The molecule has 0 radical (unpaired) electrons. The highest BCUT2D eigenvalue weighted by Gasteiger charge is 2.41. The Morgan fingerprint density at radius 3 is 2.93 bits per heavy atom. The van der Waals surface area contributed by atoms with Crippen molar-refractivity contribution in [2.24, 2.45) is 0 Å². The molecule has 11 heteroatoms. The van der Waals surface area contributed by atoms with Crippen LogP contribution in [-0.2, 0) is 11.2 Å². The molecule has 3 aromatic rings. The number of aliphatic hydroxyl groups is 1. The molecule has 1 aliphatic heterocycles. The second kappa shape index (κ2) is 6.91. The molecule has 30 heavy (non-hydrogen) atoms. The zero-order valence-electron chi connectivity index (χ0n) is 15.5. The number of nitrogens with one attached hydrogen (secondary N) is 1. The number of rotatable bonds is 3. The third kappa shape index (κ3) is 3.16. The van der Waals surface area contributed by atoms with Crippen LogP contribution >= 0.6 is 0 Å². The van der Waals surface area contributed by atoms with Crippen molar-refractivity contribution in [1.29, 1.82) is 5.26 Å². The fourth-order valence-corrected chi connectivity index (χ4v) is 3.38. The molecule has 3 heterocycles. The fraction of sp³-hybridized carbons (Fsp3) is 0.263. The van der Waals surface area contributed by atoms with Gasteiger partial charge in [-0.25, -0.2) is 23.1 Å².